The summed E-state index contributed by atoms with van der Waals surface area (Å²) in [5.74, 6) is 0. The van der Waals surface area contributed by atoms with Crippen molar-refractivity contribution in [2.75, 3.05) is 18.5 Å². The zero-order valence-electron chi connectivity index (χ0n) is 28.1. The summed E-state index contributed by atoms with van der Waals surface area (Å²) in [5.41, 5.74) is -0.942. The standard InChI is InChI=1S/C32H54N6O6/c1-9-10-11-12-13-14-15-25(2)43-20-19-31(5,6)36-24-26(34-35-36)23-32(7,8)44-21-18-30(3,4)33-28-17-16-27(37(39)40)22-29(28)38(41)42/h16-17,22,24-25,33H,9-15,18-21,23H2,1-8H3. The maximum atomic E-state index is 11.5. The van der Waals surface area contributed by atoms with Gasteiger partial charge in [-0.25, -0.2) is 4.68 Å². The van der Waals surface area contributed by atoms with Gasteiger partial charge in [-0.3, -0.25) is 20.2 Å². The molecule has 2 aromatic rings. The van der Waals surface area contributed by atoms with Gasteiger partial charge in [-0.05, 0) is 73.8 Å². The zero-order valence-corrected chi connectivity index (χ0v) is 28.1. The molecule has 248 valence electrons. The van der Waals surface area contributed by atoms with Crippen LogP contribution in [0.25, 0.3) is 0 Å². The van der Waals surface area contributed by atoms with Gasteiger partial charge in [0.1, 0.15) is 5.69 Å². The van der Waals surface area contributed by atoms with Crippen molar-refractivity contribution >= 4 is 17.1 Å². The van der Waals surface area contributed by atoms with Crippen molar-refractivity contribution in [2.24, 2.45) is 0 Å². The molecule has 0 aliphatic heterocycles. The van der Waals surface area contributed by atoms with Gasteiger partial charge < -0.3 is 14.8 Å². The first-order valence-electron chi connectivity index (χ1n) is 15.9. The van der Waals surface area contributed by atoms with E-state index in [1.807, 2.05) is 38.6 Å². The van der Waals surface area contributed by atoms with Crippen LogP contribution < -0.4 is 5.32 Å². The fraction of sp³-hybridized carbons (Fsp3) is 0.750. The van der Waals surface area contributed by atoms with Crippen molar-refractivity contribution in [3.05, 3.63) is 50.3 Å². The van der Waals surface area contributed by atoms with E-state index in [0.717, 1.165) is 24.6 Å². The topological polar surface area (TPSA) is 147 Å². The molecule has 1 atom stereocenters. The highest BCUT2D eigenvalue weighted by molar-refractivity contribution is 5.66. The predicted molar refractivity (Wildman–Crippen MR) is 173 cm³/mol. The van der Waals surface area contributed by atoms with E-state index < -0.39 is 21.0 Å². The highest BCUT2D eigenvalue weighted by atomic mass is 16.6. The van der Waals surface area contributed by atoms with E-state index in [1.54, 1.807) is 0 Å². The van der Waals surface area contributed by atoms with Crippen LogP contribution in [0.5, 0.6) is 0 Å². The molecule has 1 aromatic heterocycles. The summed E-state index contributed by atoms with van der Waals surface area (Å²) in [6, 6.07) is 3.60. The molecule has 44 heavy (non-hydrogen) atoms. The van der Waals surface area contributed by atoms with Crippen LogP contribution in [0.4, 0.5) is 17.1 Å². The molecule has 2 rings (SSSR count). The minimum atomic E-state index is -0.648. The number of benzene rings is 1. The third-order valence-electron chi connectivity index (χ3n) is 7.93. The number of rotatable bonds is 22. The minimum Gasteiger partial charge on any atom is -0.378 e. The lowest BCUT2D eigenvalue weighted by atomic mass is 9.99. The zero-order chi connectivity index (χ0) is 33.0. The Bertz CT molecular complexity index is 1200. The first-order chi connectivity index (χ1) is 20.5. The number of unbranched alkanes of at least 4 members (excludes halogenated alkanes) is 5. The Balaban J connectivity index is 1.82. The molecule has 12 heteroatoms. The van der Waals surface area contributed by atoms with Gasteiger partial charge in [-0.1, -0.05) is 50.7 Å². The number of non-ortho nitro benzene ring substituents is 1. The van der Waals surface area contributed by atoms with E-state index in [9.17, 15) is 20.2 Å². The molecule has 0 saturated carbocycles. The van der Waals surface area contributed by atoms with Crippen molar-refractivity contribution in [3.63, 3.8) is 0 Å². The molecule has 0 amide bonds. The molecular weight excluding hydrogens is 564 g/mol. The Morgan fingerprint density at radius 2 is 1.64 bits per heavy atom. The summed E-state index contributed by atoms with van der Waals surface area (Å²) >= 11 is 0. The van der Waals surface area contributed by atoms with Gasteiger partial charge in [0.25, 0.3) is 11.4 Å². The van der Waals surface area contributed by atoms with E-state index in [1.165, 1.54) is 50.7 Å². The molecule has 1 unspecified atom stereocenters. The molecule has 0 aliphatic carbocycles. The molecule has 0 spiro atoms. The van der Waals surface area contributed by atoms with Crippen LogP contribution in [-0.4, -0.2) is 55.3 Å². The molecule has 0 aliphatic rings. The number of nitrogens with one attached hydrogen (secondary N) is 1. The molecule has 0 fully saturated rings. The van der Waals surface area contributed by atoms with Gasteiger partial charge in [0.05, 0.1) is 38.9 Å². The van der Waals surface area contributed by atoms with Crippen LogP contribution in [0, 0.1) is 20.2 Å². The Hall–Kier alpha value is -3.12. The van der Waals surface area contributed by atoms with Gasteiger partial charge in [0, 0.05) is 37.4 Å². The number of nitro benzene ring substituents is 2. The molecule has 0 bridgehead atoms. The number of nitrogens with zero attached hydrogens (tertiary/aromatic N) is 5. The Kier molecular flexibility index (Phi) is 14.2. The number of hydrogen-bond donors (Lipinski definition) is 1. The smallest absolute Gasteiger partial charge is 0.299 e. The Morgan fingerprint density at radius 3 is 2.30 bits per heavy atom. The molecule has 0 saturated heterocycles. The lowest BCUT2D eigenvalue weighted by Crippen LogP contribution is -2.35. The number of hydrogen-bond acceptors (Lipinski definition) is 9. The van der Waals surface area contributed by atoms with Crippen LogP contribution in [0.1, 0.15) is 119 Å². The van der Waals surface area contributed by atoms with Crippen molar-refractivity contribution in [3.8, 4) is 0 Å². The summed E-state index contributed by atoms with van der Waals surface area (Å²) in [6.45, 7) is 17.5. The minimum absolute atomic E-state index is 0.224. The van der Waals surface area contributed by atoms with E-state index in [-0.39, 0.29) is 28.7 Å². The third kappa shape index (κ3) is 12.9. The van der Waals surface area contributed by atoms with Crippen LogP contribution in [0.3, 0.4) is 0 Å². The summed E-state index contributed by atoms with van der Waals surface area (Å²) in [6.07, 6.45) is 13.0. The maximum Gasteiger partial charge on any atom is 0.299 e. The van der Waals surface area contributed by atoms with Crippen LogP contribution in [-0.2, 0) is 21.4 Å². The Labute approximate surface area is 262 Å². The quantitative estimate of drug-likeness (QED) is 0.0787. The van der Waals surface area contributed by atoms with Crippen molar-refractivity contribution in [1.82, 2.24) is 15.0 Å². The first kappa shape index (κ1) is 37.1. The third-order valence-corrected chi connectivity index (χ3v) is 7.93. The maximum absolute atomic E-state index is 11.5. The van der Waals surface area contributed by atoms with E-state index in [0.29, 0.717) is 26.1 Å². The molecule has 1 aromatic carbocycles. The van der Waals surface area contributed by atoms with Crippen molar-refractivity contribution in [2.45, 2.75) is 142 Å². The van der Waals surface area contributed by atoms with Gasteiger partial charge >= 0.3 is 0 Å². The number of ether oxygens (including phenoxy) is 2. The monoisotopic (exact) mass is 618 g/mol. The van der Waals surface area contributed by atoms with Gasteiger partial charge in [-0.15, -0.1) is 5.10 Å². The fourth-order valence-corrected chi connectivity index (χ4v) is 4.98. The lowest BCUT2D eigenvalue weighted by molar-refractivity contribution is -0.393. The second kappa shape index (κ2) is 16.8. The number of aromatic nitrogens is 3. The van der Waals surface area contributed by atoms with Crippen molar-refractivity contribution in [1.29, 1.82) is 0 Å². The highest BCUT2D eigenvalue weighted by Gasteiger charge is 2.28. The van der Waals surface area contributed by atoms with Crippen LogP contribution >= 0.6 is 0 Å². The van der Waals surface area contributed by atoms with Crippen LogP contribution in [0.2, 0.25) is 0 Å². The predicted octanol–water partition coefficient (Wildman–Crippen LogP) is 7.99. The molecular formula is C32H54N6O6. The second-order valence-electron chi connectivity index (χ2n) is 13.7. The average Bonchev–Trinajstić information content (AvgIpc) is 3.38. The molecule has 1 heterocycles. The van der Waals surface area contributed by atoms with E-state index >= 15 is 0 Å². The van der Waals surface area contributed by atoms with Gasteiger partial charge in [0.15, 0.2) is 0 Å². The number of anilines is 1. The molecule has 12 nitrogen and oxygen atoms in total. The summed E-state index contributed by atoms with van der Waals surface area (Å²) in [7, 11) is 0. The first-order valence-corrected chi connectivity index (χ1v) is 15.9. The fourth-order valence-electron chi connectivity index (χ4n) is 4.98. The van der Waals surface area contributed by atoms with Gasteiger partial charge in [0.2, 0.25) is 0 Å². The van der Waals surface area contributed by atoms with E-state index in [4.69, 9.17) is 9.47 Å². The SMILES string of the molecule is CCCCCCCCC(C)OCCC(C)(C)n1cc(CC(C)(C)OCCC(C)(C)Nc2ccc([N+](=O)[O-])cc2[N+](=O)[O-])nn1. The van der Waals surface area contributed by atoms with E-state index in [2.05, 4.69) is 43.3 Å². The summed E-state index contributed by atoms with van der Waals surface area (Å²) in [4.78, 5) is 21.3. The largest absolute Gasteiger partial charge is 0.378 e. The second-order valence-corrected chi connectivity index (χ2v) is 13.7. The average molecular weight is 619 g/mol. The number of nitro groups is 2. The highest BCUT2D eigenvalue weighted by Crippen LogP contribution is 2.32. The summed E-state index contributed by atoms with van der Waals surface area (Å²) in [5, 5.41) is 34.5. The normalized spacial score (nSPS) is 13.2. The van der Waals surface area contributed by atoms with Crippen LogP contribution in [0.15, 0.2) is 24.4 Å². The summed E-state index contributed by atoms with van der Waals surface area (Å²) < 4.78 is 14.2. The molecule has 1 N–H and O–H groups in total. The molecule has 0 radical (unpaired) electrons. The van der Waals surface area contributed by atoms with Gasteiger partial charge in [-0.2, -0.15) is 0 Å². The van der Waals surface area contributed by atoms with Crippen molar-refractivity contribution < 1.29 is 19.3 Å². The lowest BCUT2D eigenvalue weighted by Gasteiger charge is -2.30. The Morgan fingerprint density at radius 1 is 0.955 bits per heavy atom.